The molecule has 2 atom stereocenters. The molecule has 3 aromatic rings. The molecule has 0 amide bonds. The van der Waals surface area contributed by atoms with Gasteiger partial charge in [-0.2, -0.15) is 0 Å². The number of nitrogens with zero attached hydrogens (tertiary/aromatic N) is 2. The van der Waals surface area contributed by atoms with Gasteiger partial charge in [-0.1, -0.05) is 26.8 Å². The summed E-state index contributed by atoms with van der Waals surface area (Å²) < 4.78 is 13.8. The molecule has 1 aromatic heterocycles. The standard InChI is InChI=1S/C26H35N3O2/c1-17(2)31-21-12-10-19(11-13-21)27-25-28-24-22(8-7-9-23(24)30-6)29(25)20-14-18(3)15-26(4,5)16-20/h7-13,17-18,20H,14-16H2,1-6H3,(H,27,28). The Labute approximate surface area is 185 Å². The van der Waals surface area contributed by atoms with E-state index in [-0.39, 0.29) is 6.10 Å². The highest BCUT2D eigenvalue weighted by atomic mass is 16.5. The van der Waals surface area contributed by atoms with Gasteiger partial charge < -0.3 is 19.4 Å². The summed E-state index contributed by atoms with van der Waals surface area (Å²) >= 11 is 0. The fourth-order valence-electron chi connectivity index (χ4n) is 5.22. The van der Waals surface area contributed by atoms with Crippen LogP contribution in [0.2, 0.25) is 0 Å². The van der Waals surface area contributed by atoms with Crippen LogP contribution in [-0.2, 0) is 0 Å². The molecule has 2 unspecified atom stereocenters. The Hall–Kier alpha value is -2.69. The lowest BCUT2D eigenvalue weighted by molar-refractivity contribution is 0.140. The minimum absolute atomic E-state index is 0.159. The maximum atomic E-state index is 5.79. The van der Waals surface area contributed by atoms with Crippen LogP contribution in [0.1, 0.15) is 59.9 Å². The number of anilines is 2. The zero-order valence-corrected chi connectivity index (χ0v) is 19.6. The predicted molar refractivity (Wildman–Crippen MR) is 128 cm³/mol. The second-order valence-corrected chi connectivity index (χ2v) is 10.0. The summed E-state index contributed by atoms with van der Waals surface area (Å²) in [5.74, 6) is 3.23. The van der Waals surface area contributed by atoms with Crippen molar-refractivity contribution < 1.29 is 9.47 Å². The highest BCUT2D eigenvalue weighted by Gasteiger charge is 2.35. The van der Waals surface area contributed by atoms with E-state index >= 15 is 0 Å². The number of imidazole rings is 1. The number of hydrogen-bond acceptors (Lipinski definition) is 4. The van der Waals surface area contributed by atoms with E-state index in [4.69, 9.17) is 14.5 Å². The number of benzene rings is 2. The van der Waals surface area contributed by atoms with E-state index in [0.29, 0.717) is 17.4 Å². The Bertz CT molecular complexity index is 1040. The normalized spacial score (nSPS) is 20.7. The van der Waals surface area contributed by atoms with E-state index in [1.807, 2.05) is 44.2 Å². The van der Waals surface area contributed by atoms with Gasteiger partial charge in [0.05, 0.1) is 18.7 Å². The van der Waals surface area contributed by atoms with Gasteiger partial charge in [0.25, 0.3) is 0 Å². The summed E-state index contributed by atoms with van der Waals surface area (Å²) in [6, 6.07) is 14.7. The Balaban J connectivity index is 1.74. The molecular formula is C26H35N3O2. The first-order valence-corrected chi connectivity index (χ1v) is 11.3. The molecule has 1 aliphatic carbocycles. The number of aromatic nitrogens is 2. The third-order valence-corrected chi connectivity index (χ3v) is 6.11. The van der Waals surface area contributed by atoms with Crippen molar-refractivity contribution in [3.8, 4) is 11.5 Å². The molecular weight excluding hydrogens is 386 g/mol. The first-order chi connectivity index (χ1) is 14.8. The van der Waals surface area contributed by atoms with Crippen molar-refractivity contribution in [3.05, 3.63) is 42.5 Å². The van der Waals surface area contributed by atoms with Crippen LogP contribution in [0.25, 0.3) is 11.0 Å². The monoisotopic (exact) mass is 421 g/mol. The van der Waals surface area contributed by atoms with E-state index < -0.39 is 0 Å². The smallest absolute Gasteiger partial charge is 0.208 e. The molecule has 0 bridgehead atoms. The third kappa shape index (κ3) is 4.65. The molecule has 0 spiro atoms. The van der Waals surface area contributed by atoms with E-state index in [0.717, 1.165) is 47.0 Å². The lowest BCUT2D eigenvalue weighted by Gasteiger charge is -2.40. The van der Waals surface area contributed by atoms with E-state index in [1.54, 1.807) is 7.11 Å². The summed E-state index contributed by atoms with van der Waals surface area (Å²) in [6.45, 7) is 11.2. The topological polar surface area (TPSA) is 48.3 Å². The lowest BCUT2D eigenvalue weighted by atomic mass is 9.70. The SMILES string of the molecule is COc1cccc2c1nc(Nc1ccc(OC(C)C)cc1)n2C1CC(C)CC(C)(C)C1. The predicted octanol–water partition coefficient (Wildman–Crippen LogP) is 6.96. The van der Waals surface area contributed by atoms with Gasteiger partial charge in [-0.15, -0.1) is 0 Å². The largest absolute Gasteiger partial charge is 0.494 e. The summed E-state index contributed by atoms with van der Waals surface area (Å²) in [5, 5.41) is 3.57. The van der Waals surface area contributed by atoms with Crippen LogP contribution in [0, 0.1) is 11.3 Å². The summed E-state index contributed by atoms with van der Waals surface area (Å²) in [7, 11) is 1.71. The van der Waals surface area contributed by atoms with Gasteiger partial charge in [0.2, 0.25) is 5.95 Å². The van der Waals surface area contributed by atoms with Gasteiger partial charge in [0, 0.05) is 11.7 Å². The molecule has 1 saturated carbocycles. The zero-order valence-electron chi connectivity index (χ0n) is 19.6. The molecule has 1 fully saturated rings. The molecule has 0 aliphatic heterocycles. The molecule has 0 saturated heterocycles. The molecule has 1 heterocycles. The summed E-state index contributed by atoms with van der Waals surface area (Å²) in [6.07, 6.45) is 3.71. The number of para-hydroxylation sites is 1. The van der Waals surface area contributed by atoms with Crippen LogP contribution in [0.5, 0.6) is 11.5 Å². The van der Waals surface area contributed by atoms with Gasteiger partial charge in [-0.25, -0.2) is 4.98 Å². The lowest BCUT2D eigenvalue weighted by Crippen LogP contribution is -2.29. The zero-order chi connectivity index (χ0) is 22.2. The molecule has 0 radical (unpaired) electrons. The van der Waals surface area contributed by atoms with Crippen molar-refractivity contribution >= 4 is 22.7 Å². The minimum Gasteiger partial charge on any atom is -0.494 e. The fourth-order valence-corrected chi connectivity index (χ4v) is 5.22. The number of hydrogen-bond donors (Lipinski definition) is 1. The van der Waals surface area contributed by atoms with Gasteiger partial charge >= 0.3 is 0 Å². The van der Waals surface area contributed by atoms with Crippen LogP contribution in [-0.4, -0.2) is 22.8 Å². The number of fused-ring (bicyclic) bond motifs is 1. The first kappa shape index (κ1) is 21.5. The van der Waals surface area contributed by atoms with E-state index in [2.05, 4.69) is 42.8 Å². The van der Waals surface area contributed by atoms with E-state index in [1.165, 1.54) is 6.42 Å². The molecule has 5 nitrogen and oxygen atoms in total. The molecule has 166 valence electrons. The minimum atomic E-state index is 0.159. The van der Waals surface area contributed by atoms with Gasteiger partial charge in [0.15, 0.2) is 0 Å². The average molecular weight is 422 g/mol. The molecule has 1 N–H and O–H groups in total. The summed E-state index contributed by atoms with van der Waals surface area (Å²) in [4.78, 5) is 4.99. The van der Waals surface area contributed by atoms with E-state index in [9.17, 15) is 0 Å². The van der Waals surface area contributed by atoms with Crippen LogP contribution >= 0.6 is 0 Å². The molecule has 5 heteroatoms. The van der Waals surface area contributed by atoms with Crippen molar-refractivity contribution in [2.75, 3.05) is 12.4 Å². The van der Waals surface area contributed by atoms with Crippen molar-refractivity contribution in [3.63, 3.8) is 0 Å². The summed E-state index contributed by atoms with van der Waals surface area (Å²) in [5.41, 5.74) is 3.33. The number of nitrogens with one attached hydrogen (secondary N) is 1. The van der Waals surface area contributed by atoms with Gasteiger partial charge in [-0.05, 0) is 80.8 Å². The first-order valence-electron chi connectivity index (χ1n) is 11.3. The highest BCUT2D eigenvalue weighted by molar-refractivity contribution is 5.85. The van der Waals surface area contributed by atoms with Crippen LogP contribution in [0.3, 0.4) is 0 Å². The Kier molecular flexibility index (Phi) is 5.87. The second-order valence-electron chi connectivity index (χ2n) is 10.0. The van der Waals surface area contributed by atoms with Gasteiger partial charge in [-0.3, -0.25) is 0 Å². The van der Waals surface area contributed by atoms with Crippen molar-refractivity contribution in [2.24, 2.45) is 11.3 Å². The van der Waals surface area contributed by atoms with Crippen molar-refractivity contribution in [2.45, 2.75) is 66.0 Å². The average Bonchev–Trinajstić information content (AvgIpc) is 3.05. The third-order valence-electron chi connectivity index (χ3n) is 6.11. The number of methoxy groups -OCH3 is 1. The van der Waals surface area contributed by atoms with Crippen molar-refractivity contribution in [1.29, 1.82) is 0 Å². The van der Waals surface area contributed by atoms with Crippen LogP contribution in [0.4, 0.5) is 11.6 Å². The quantitative estimate of drug-likeness (QED) is 0.467. The number of ether oxygens (including phenoxy) is 2. The molecule has 1 aliphatic rings. The highest BCUT2D eigenvalue weighted by Crippen LogP contribution is 2.46. The fraction of sp³-hybridized carbons (Fsp3) is 0.500. The van der Waals surface area contributed by atoms with Crippen LogP contribution in [0.15, 0.2) is 42.5 Å². The van der Waals surface area contributed by atoms with Crippen LogP contribution < -0.4 is 14.8 Å². The Morgan fingerprint density at radius 3 is 2.48 bits per heavy atom. The Morgan fingerprint density at radius 2 is 1.84 bits per heavy atom. The maximum absolute atomic E-state index is 5.79. The molecule has 31 heavy (non-hydrogen) atoms. The molecule has 4 rings (SSSR count). The molecule has 2 aromatic carbocycles. The second kappa shape index (κ2) is 8.45. The maximum Gasteiger partial charge on any atom is 0.208 e. The van der Waals surface area contributed by atoms with Gasteiger partial charge in [0.1, 0.15) is 17.0 Å². The number of rotatable bonds is 6. The van der Waals surface area contributed by atoms with Crippen molar-refractivity contribution in [1.82, 2.24) is 9.55 Å². The Morgan fingerprint density at radius 1 is 1.10 bits per heavy atom.